The molecular weight excluding hydrogens is 350 g/mol. The van der Waals surface area contributed by atoms with E-state index in [2.05, 4.69) is 30.4 Å². The zero-order chi connectivity index (χ0) is 18.5. The fourth-order valence-electron chi connectivity index (χ4n) is 2.40. The molecule has 3 N–H and O–H groups in total. The van der Waals surface area contributed by atoms with Gasteiger partial charge in [-0.1, -0.05) is 23.5 Å². The summed E-state index contributed by atoms with van der Waals surface area (Å²) in [7, 11) is 2.01. The largest absolute Gasteiger partial charge is 0.368 e. The van der Waals surface area contributed by atoms with Crippen LogP contribution in [0.25, 0.3) is 0 Å². The van der Waals surface area contributed by atoms with Gasteiger partial charge in [0.25, 0.3) is 5.91 Å². The number of anilines is 2. The van der Waals surface area contributed by atoms with Gasteiger partial charge in [-0.25, -0.2) is 9.97 Å². The lowest BCUT2D eigenvalue weighted by atomic mass is 10.1. The van der Waals surface area contributed by atoms with Crippen LogP contribution in [0, 0.1) is 6.92 Å². The topological polar surface area (TPSA) is 110 Å². The fraction of sp³-hybridized carbons (Fsp3) is 0.235. The summed E-state index contributed by atoms with van der Waals surface area (Å²) < 4.78 is 0. The van der Waals surface area contributed by atoms with Gasteiger partial charge in [0, 0.05) is 36.6 Å². The van der Waals surface area contributed by atoms with Gasteiger partial charge in [0.15, 0.2) is 0 Å². The molecule has 0 saturated carbocycles. The second kappa shape index (κ2) is 7.98. The van der Waals surface area contributed by atoms with E-state index in [1.165, 1.54) is 11.3 Å². The van der Waals surface area contributed by atoms with Crippen molar-refractivity contribution in [1.29, 1.82) is 0 Å². The number of nitrogen functional groups attached to an aromatic ring is 1. The quantitative estimate of drug-likeness (QED) is 0.684. The van der Waals surface area contributed by atoms with Crippen LogP contribution in [0.3, 0.4) is 0 Å². The smallest absolute Gasteiger partial charge is 0.257 e. The Morgan fingerprint density at radius 3 is 2.38 bits per heavy atom. The first-order chi connectivity index (χ1) is 12.5. The van der Waals surface area contributed by atoms with Gasteiger partial charge in [0.2, 0.25) is 11.1 Å². The lowest BCUT2D eigenvalue weighted by molar-refractivity contribution is 0.102. The minimum absolute atomic E-state index is 0.194. The third kappa shape index (κ3) is 4.80. The molecule has 3 aromatic rings. The number of nitrogens with one attached hydrogen (secondary N) is 1. The van der Waals surface area contributed by atoms with E-state index in [-0.39, 0.29) is 11.9 Å². The van der Waals surface area contributed by atoms with Crippen LogP contribution in [0.1, 0.15) is 26.5 Å². The predicted molar refractivity (Wildman–Crippen MR) is 101 cm³/mol. The summed E-state index contributed by atoms with van der Waals surface area (Å²) in [5, 5.41) is 11.8. The van der Waals surface area contributed by atoms with Crippen molar-refractivity contribution in [2.24, 2.45) is 0 Å². The SMILES string of the molecule is Cc1nnc(NC(=O)c2ccc(CN(C)Cc3cnc(N)nc3)cc2)s1. The number of amides is 1. The molecule has 3 rings (SSSR count). The molecule has 1 amide bonds. The molecule has 1 aromatic carbocycles. The van der Waals surface area contributed by atoms with Gasteiger partial charge in [-0.2, -0.15) is 0 Å². The zero-order valence-electron chi connectivity index (χ0n) is 14.5. The van der Waals surface area contributed by atoms with E-state index in [1.807, 2.05) is 26.1 Å². The number of aryl methyl sites for hydroxylation is 1. The van der Waals surface area contributed by atoms with Crippen molar-refractivity contribution in [1.82, 2.24) is 25.1 Å². The highest BCUT2D eigenvalue weighted by molar-refractivity contribution is 7.15. The van der Waals surface area contributed by atoms with Gasteiger partial charge in [-0.3, -0.25) is 15.0 Å². The van der Waals surface area contributed by atoms with Crippen molar-refractivity contribution in [2.45, 2.75) is 20.0 Å². The van der Waals surface area contributed by atoms with E-state index >= 15 is 0 Å². The summed E-state index contributed by atoms with van der Waals surface area (Å²) in [6.45, 7) is 3.29. The molecule has 0 fully saturated rings. The molecule has 134 valence electrons. The van der Waals surface area contributed by atoms with Crippen LogP contribution in [-0.2, 0) is 13.1 Å². The first-order valence-electron chi connectivity index (χ1n) is 7.95. The molecule has 2 aromatic heterocycles. The third-order valence-corrected chi connectivity index (χ3v) is 4.35. The van der Waals surface area contributed by atoms with E-state index in [0.717, 1.165) is 22.7 Å². The van der Waals surface area contributed by atoms with Gasteiger partial charge in [-0.05, 0) is 31.7 Å². The van der Waals surface area contributed by atoms with Crippen molar-refractivity contribution >= 4 is 28.3 Å². The maximum Gasteiger partial charge on any atom is 0.257 e. The zero-order valence-corrected chi connectivity index (χ0v) is 15.3. The molecule has 0 unspecified atom stereocenters. The normalized spacial score (nSPS) is 10.9. The van der Waals surface area contributed by atoms with Crippen molar-refractivity contribution in [3.05, 3.63) is 58.4 Å². The van der Waals surface area contributed by atoms with E-state index in [0.29, 0.717) is 17.2 Å². The van der Waals surface area contributed by atoms with Crippen LogP contribution >= 0.6 is 11.3 Å². The summed E-state index contributed by atoms with van der Waals surface area (Å²) in [4.78, 5) is 22.3. The third-order valence-electron chi connectivity index (χ3n) is 3.59. The molecule has 2 heterocycles. The molecule has 0 aliphatic heterocycles. The number of nitrogens with two attached hydrogens (primary N) is 1. The second-order valence-electron chi connectivity index (χ2n) is 5.90. The highest BCUT2D eigenvalue weighted by atomic mass is 32.1. The highest BCUT2D eigenvalue weighted by Gasteiger charge is 2.10. The average Bonchev–Trinajstić information content (AvgIpc) is 3.02. The van der Waals surface area contributed by atoms with Crippen LogP contribution in [-0.4, -0.2) is 38.0 Å². The minimum Gasteiger partial charge on any atom is -0.368 e. The number of aromatic nitrogens is 4. The predicted octanol–water partition coefficient (Wildman–Crippen LogP) is 2.10. The molecule has 0 spiro atoms. The summed E-state index contributed by atoms with van der Waals surface area (Å²) in [5.41, 5.74) is 8.17. The molecule has 0 bridgehead atoms. The van der Waals surface area contributed by atoms with Crippen molar-refractivity contribution in [3.63, 3.8) is 0 Å². The summed E-state index contributed by atoms with van der Waals surface area (Å²) in [5.74, 6) is 0.0778. The average molecular weight is 369 g/mol. The number of hydrogen-bond donors (Lipinski definition) is 2. The van der Waals surface area contributed by atoms with Gasteiger partial charge >= 0.3 is 0 Å². The highest BCUT2D eigenvalue weighted by Crippen LogP contribution is 2.15. The van der Waals surface area contributed by atoms with Crippen LogP contribution in [0.2, 0.25) is 0 Å². The van der Waals surface area contributed by atoms with Crippen molar-refractivity contribution in [2.75, 3.05) is 18.1 Å². The first kappa shape index (κ1) is 17.9. The summed E-state index contributed by atoms with van der Waals surface area (Å²) in [6.07, 6.45) is 3.45. The Labute approximate surface area is 155 Å². The minimum atomic E-state index is -0.194. The monoisotopic (exact) mass is 369 g/mol. The molecule has 8 nitrogen and oxygen atoms in total. The Bertz CT molecular complexity index is 877. The van der Waals surface area contributed by atoms with Gasteiger partial charge in [-0.15, -0.1) is 10.2 Å². The Kier molecular flexibility index (Phi) is 5.49. The van der Waals surface area contributed by atoms with E-state index in [1.54, 1.807) is 24.5 Å². The lowest BCUT2D eigenvalue weighted by Gasteiger charge is -2.16. The number of rotatable bonds is 6. The van der Waals surface area contributed by atoms with Crippen LogP contribution in [0.15, 0.2) is 36.7 Å². The fourth-order valence-corrected chi connectivity index (χ4v) is 2.99. The number of carbonyl (C=O) groups excluding carboxylic acids is 1. The molecule has 0 radical (unpaired) electrons. The molecular formula is C17H19N7OS. The van der Waals surface area contributed by atoms with Gasteiger partial charge < -0.3 is 5.73 Å². The second-order valence-corrected chi connectivity index (χ2v) is 7.08. The number of carbonyl (C=O) groups is 1. The van der Waals surface area contributed by atoms with Crippen LogP contribution < -0.4 is 11.1 Å². The van der Waals surface area contributed by atoms with Crippen LogP contribution in [0.4, 0.5) is 11.1 Å². The summed E-state index contributed by atoms with van der Waals surface area (Å²) >= 11 is 1.35. The number of benzene rings is 1. The summed E-state index contributed by atoms with van der Waals surface area (Å²) in [6, 6.07) is 7.49. The van der Waals surface area contributed by atoms with Crippen molar-refractivity contribution in [3.8, 4) is 0 Å². The number of nitrogens with zero attached hydrogens (tertiary/aromatic N) is 5. The van der Waals surface area contributed by atoms with Gasteiger partial charge in [0.05, 0.1) is 0 Å². The number of hydrogen-bond acceptors (Lipinski definition) is 8. The molecule has 0 aliphatic rings. The molecule has 0 aliphatic carbocycles. The molecule has 9 heteroatoms. The molecule has 0 saturated heterocycles. The first-order valence-corrected chi connectivity index (χ1v) is 8.76. The Balaban J connectivity index is 1.56. The Hall–Kier alpha value is -2.91. The van der Waals surface area contributed by atoms with E-state index < -0.39 is 0 Å². The molecule has 26 heavy (non-hydrogen) atoms. The van der Waals surface area contributed by atoms with E-state index in [4.69, 9.17) is 5.73 Å². The molecule has 0 atom stereocenters. The lowest BCUT2D eigenvalue weighted by Crippen LogP contribution is -2.18. The Morgan fingerprint density at radius 2 is 1.77 bits per heavy atom. The standard InChI is InChI=1S/C17H19N7OS/c1-11-22-23-17(26-11)21-15(25)14-5-3-12(4-6-14)9-24(2)10-13-7-19-16(18)20-8-13/h3-8H,9-10H2,1-2H3,(H2,18,19,20)(H,21,23,25). The maximum atomic E-state index is 12.2. The Morgan fingerprint density at radius 1 is 1.12 bits per heavy atom. The van der Waals surface area contributed by atoms with Crippen molar-refractivity contribution < 1.29 is 4.79 Å². The van der Waals surface area contributed by atoms with Gasteiger partial charge in [0.1, 0.15) is 5.01 Å². The maximum absolute atomic E-state index is 12.2. The van der Waals surface area contributed by atoms with E-state index in [9.17, 15) is 4.79 Å². The van der Waals surface area contributed by atoms with Crippen LogP contribution in [0.5, 0.6) is 0 Å².